The zero-order valence-corrected chi connectivity index (χ0v) is 9.40. The van der Waals surface area contributed by atoms with Crippen LogP contribution in [0.15, 0.2) is 0 Å². The van der Waals surface area contributed by atoms with Crippen molar-refractivity contribution in [1.82, 2.24) is 0 Å². The molecule has 0 saturated heterocycles. The summed E-state index contributed by atoms with van der Waals surface area (Å²) in [4.78, 5) is 0. The Kier molecular flexibility index (Phi) is 260. The fourth-order valence-electron chi connectivity index (χ4n) is 0. The van der Waals surface area contributed by atoms with E-state index in [2.05, 4.69) is 0 Å². The Bertz CT molecular complexity index is 14.5. The molecule has 0 aromatic carbocycles. The van der Waals surface area contributed by atoms with E-state index in [4.69, 9.17) is 10.2 Å². The minimum atomic E-state index is 0. The van der Waals surface area contributed by atoms with E-state index < -0.39 is 0 Å². The maximum atomic E-state index is 7.57. The van der Waals surface area contributed by atoms with Crippen LogP contribution in [0.1, 0.15) is 13.8 Å². The molecular weight excluding hydrogens is 291 g/mol. The summed E-state index contributed by atoms with van der Waals surface area (Å²) in [5, 5.41) is 15.1. The molecule has 4 nitrogen and oxygen atoms in total. The van der Waals surface area contributed by atoms with Gasteiger partial charge in [0.2, 0.25) is 0 Å². The summed E-state index contributed by atoms with van der Waals surface area (Å²) < 4.78 is 0. The fourth-order valence-corrected chi connectivity index (χ4v) is 0. The zero-order valence-electron chi connectivity index (χ0n) is 5.81. The Morgan fingerprint density at radius 1 is 0.889 bits per heavy atom. The van der Waals surface area contributed by atoms with E-state index in [1.54, 1.807) is 13.8 Å². The molecule has 0 aromatic heterocycles. The number of hydrogen-bond donors (Lipinski definition) is 2. The molecule has 0 unspecified atom stereocenters. The van der Waals surface area contributed by atoms with E-state index in [-0.39, 0.29) is 50.0 Å². The van der Waals surface area contributed by atoms with Crippen molar-refractivity contribution in [2.75, 3.05) is 13.2 Å². The predicted octanol–water partition coefficient (Wildman–Crippen LogP) is -1.65. The van der Waals surface area contributed by atoms with Crippen molar-refractivity contribution in [3.05, 3.63) is 0 Å². The van der Waals surface area contributed by atoms with Crippen LogP contribution < -0.4 is 0 Å². The summed E-state index contributed by atoms with van der Waals surface area (Å²) in [5.74, 6) is 0. The Morgan fingerprint density at radius 3 is 0.889 bits per heavy atom. The third-order valence-electron chi connectivity index (χ3n) is 0. The van der Waals surface area contributed by atoms with E-state index in [0.717, 1.165) is 0 Å². The molecule has 60 valence electrons. The summed E-state index contributed by atoms with van der Waals surface area (Å²) in [5.41, 5.74) is 0. The summed E-state index contributed by atoms with van der Waals surface area (Å²) in [6.07, 6.45) is 0. The molecule has 0 aromatic rings. The molecule has 9 heavy (non-hydrogen) atoms. The van der Waals surface area contributed by atoms with Gasteiger partial charge in [0, 0.05) is 39.1 Å². The molecule has 0 aliphatic carbocycles. The van der Waals surface area contributed by atoms with Gasteiger partial charge < -0.3 is 21.2 Å². The average Bonchev–Trinajstić information content (AvgIpc) is 1.39. The Balaban J connectivity index is -0.00000000889. The Labute approximate surface area is 74.3 Å². The van der Waals surface area contributed by atoms with Gasteiger partial charge in [-0.2, -0.15) is 0 Å². The second-order valence-corrected chi connectivity index (χ2v) is 0.632. The zero-order chi connectivity index (χ0) is 5.41. The van der Waals surface area contributed by atoms with Crippen LogP contribution in [0.4, 0.5) is 0 Å². The third-order valence-corrected chi connectivity index (χ3v) is 0. The summed E-state index contributed by atoms with van der Waals surface area (Å²) in [6, 6.07) is 0. The summed E-state index contributed by atoms with van der Waals surface area (Å²) in [7, 11) is 0. The van der Waals surface area contributed by atoms with Crippen LogP contribution in [-0.2, 0) is 25.8 Å². The van der Waals surface area contributed by atoms with Gasteiger partial charge in [-0.15, -0.1) is 0 Å². The molecule has 0 saturated carbocycles. The predicted molar refractivity (Wildman–Crippen MR) is 32.7 cm³/mol. The first-order chi connectivity index (χ1) is 2.83. The van der Waals surface area contributed by atoms with Crippen molar-refractivity contribution in [3.63, 3.8) is 0 Å². The van der Waals surface area contributed by atoms with Gasteiger partial charge in [-0.1, -0.05) is 0 Å². The van der Waals surface area contributed by atoms with Crippen LogP contribution >= 0.6 is 0 Å². The van der Waals surface area contributed by atoms with Crippen LogP contribution in [0, 0.1) is 0 Å². The third kappa shape index (κ3) is 778. The largest absolute Gasteiger partial charge is 0.412 e. The van der Waals surface area contributed by atoms with Gasteiger partial charge in [-0.05, 0) is 13.8 Å². The van der Waals surface area contributed by atoms with Crippen molar-refractivity contribution < 1.29 is 47.0 Å². The van der Waals surface area contributed by atoms with Crippen LogP contribution in [0.2, 0.25) is 0 Å². The monoisotopic (exact) mass is 308 g/mol. The molecular formula is C4H16HfO4. The smallest absolute Gasteiger partial charge is 0.0402 e. The van der Waals surface area contributed by atoms with Crippen LogP contribution in [-0.4, -0.2) is 34.4 Å². The molecule has 0 radical (unpaired) electrons. The molecule has 0 atom stereocenters. The van der Waals surface area contributed by atoms with Crippen molar-refractivity contribution >= 4 is 0 Å². The number of rotatable bonds is 0. The molecule has 0 amide bonds. The summed E-state index contributed by atoms with van der Waals surface area (Å²) in [6.45, 7) is 3.86. The molecule has 0 rings (SSSR count). The van der Waals surface area contributed by atoms with Crippen LogP contribution in [0.5, 0.6) is 0 Å². The normalized spacial score (nSPS) is 4.00. The maximum absolute atomic E-state index is 7.57. The Morgan fingerprint density at radius 2 is 0.889 bits per heavy atom. The number of hydrogen-bond acceptors (Lipinski definition) is 2. The van der Waals surface area contributed by atoms with Gasteiger partial charge in [0.1, 0.15) is 0 Å². The van der Waals surface area contributed by atoms with Gasteiger partial charge in [0.15, 0.2) is 0 Å². The molecule has 0 aliphatic rings. The molecule has 0 aliphatic heterocycles. The van der Waals surface area contributed by atoms with Crippen molar-refractivity contribution in [1.29, 1.82) is 0 Å². The SMILES string of the molecule is CCO.CCO.O.O.[Hf]. The topological polar surface area (TPSA) is 103 Å². The first kappa shape index (κ1) is 33.2. The van der Waals surface area contributed by atoms with Crippen molar-refractivity contribution in [2.45, 2.75) is 13.8 Å². The van der Waals surface area contributed by atoms with E-state index >= 15 is 0 Å². The van der Waals surface area contributed by atoms with Gasteiger partial charge in [0.05, 0.1) is 0 Å². The first-order valence-electron chi connectivity index (χ1n) is 2.05. The fraction of sp³-hybridized carbons (Fsp3) is 1.00. The minimum absolute atomic E-state index is 0. The molecule has 0 fully saturated rings. The van der Waals surface area contributed by atoms with Crippen molar-refractivity contribution in [3.8, 4) is 0 Å². The standard InChI is InChI=1S/2C2H6O.Hf.2H2O/c2*1-2-3;;;/h2*3H,2H2,1H3;;2*1H2. The van der Waals surface area contributed by atoms with Crippen LogP contribution in [0.3, 0.4) is 0 Å². The van der Waals surface area contributed by atoms with Gasteiger partial charge in [0.25, 0.3) is 0 Å². The minimum Gasteiger partial charge on any atom is -0.412 e. The van der Waals surface area contributed by atoms with Gasteiger partial charge >= 0.3 is 0 Å². The van der Waals surface area contributed by atoms with Gasteiger partial charge in [-0.25, -0.2) is 0 Å². The van der Waals surface area contributed by atoms with Crippen LogP contribution in [0.25, 0.3) is 0 Å². The van der Waals surface area contributed by atoms with E-state index in [0.29, 0.717) is 0 Å². The Hall–Kier alpha value is 0.710. The van der Waals surface area contributed by atoms with Gasteiger partial charge in [-0.3, -0.25) is 0 Å². The quantitative estimate of drug-likeness (QED) is 0.523. The van der Waals surface area contributed by atoms with E-state index in [1.807, 2.05) is 0 Å². The second kappa shape index (κ2) is 70.5. The average molecular weight is 307 g/mol. The molecule has 0 spiro atoms. The van der Waals surface area contributed by atoms with E-state index in [1.165, 1.54) is 0 Å². The summed E-state index contributed by atoms with van der Waals surface area (Å²) >= 11 is 0. The second-order valence-electron chi connectivity index (χ2n) is 0.632. The molecule has 5 heteroatoms. The maximum Gasteiger partial charge on any atom is 0.0402 e. The number of aliphatic hydroxyl groups excluding tert-OH is 2. The van der Waals surface area contributed by atoms with Crippen molar-refractivity contribution in [2.24, 2.45) is 0 Å². The van der Waals surface area contributed by atoms with E-state index in [9.17, 15) is 0 Å². The molecule has 0 heterocycles. The molecule has 6 N–H and O–H groups in total. The molecule has 0 bridgehead atoms. The number of aliphatic hydroxyl groups is 2. The first-order valence-corrected chi connectivity index (χ1v) is 2.05.